The number of carbonyl (C=O) groups is 1. The van der Waals surface area contributed by atoms with Gasteiger partial charge in [-0.25, -0.2) is 8.42 Å². The second kappa shape index (κ2) is 11.4. The molecule has 0 atom stereocenters. The Morgan fingerprint density at radius 2 is 1.37 bits per heavy atom. The molecule has 0 unspecified atom stereocenters. The molecule has 38 heavy (non-hydrogen) atoms. The minimum atomic E-state index is -4.60. The first-order valence-electron chi connectivity index (χ1n) is 11.4. The number of alkyl halides is 3. The molecule has 6 nitrogen and oxygen atoms in total. The first-order valence-corrected chi connectivity index (χ1v) is 12.9. The van der Waals surface area contributed by atoms with Crippen LogP contribution in [0.1, 0.15) is 22.7 Å². The molecule has 1 amide bonds. The van der Waals surface area contributed by atoms with Crippen LogP contribution in [-0.4, -0.2) is 20.9 Å². The lowest BCUT2D eigenvalue weighted by Gasteiger charge is -2.20. The van der Waals surface area contributed by atoms with Crippen LogP contribution in [0.4, 0.5) is 18.9 Å². The maximum atomic E-state index is 12.9. The minimum absolute atomic E-state index is 0.181. The highest BCUT2D eigenvalue weighted by molar-refractivity contribution is 7.92. The van der Waals surface area contributed by atoms with Crippen molar-refractivity contribution in [2.45, 2.75) is 17.1 Å². The molecule has 0 fully saturated rings. The number of hydrogen-bond acceptors (Lipinski definition) is 4. The predicted octanol–water partition coefficient (Wildman–Crippen LogP) is 5.79. The average Bonchev–Trinajstić information content (AvgIpc) is 2.91. The van der Waals surface area contributed by atoms with E-state index in [0.717, 1.165) is 23.3 Å². The van der Waals surface area contributed by atoms with E-state index in [2.05, 4.69) is 10.0 Å². The van der Waals surface area contributed by atoms with Crippen molar-refractivity contribution in [2.75, 3.05) is 11.3 Å². The Morgan fingerprint density at radius 1 is 0.789 bits per heavy atom. The molecule has 196 valence electrons. The number of sulfonamides is 1. The van der Waals surface area contributed by atoms with Gasteiger partial charge in [-0.05, 0) is 53.6 Å². The Bertz CT molecular complexity index is 1440. The fraction of sp³-hybridized carbons (Fsp3) is 0.107. The summed E-state index contributed by atoms with van der Waals surface area (Å²) < 4.78 is 71.7. The molecule has 0 saturated heterocycles. The first-order chi connectivity index (χ1) is 18.1. The lowest BCUT2D eigenvalue weighted by molar-refractivity contribution is -0.137. The third-order valence-corrected chi connectivity index (χ3v) is 6.91. The number of nitrogens with one attached hydrogen (secondary N) is 2. The highest BCUT2D eigenvalue weighted by Crippen LogP contribution is 2.31. The summed E-state index contributed by atoms with van der Waals surface area (Å²) in [6, 6.07) is 27.6. The molecule has 4 rings (SSSR count). The van der Waals surface area contributed by atoms with Crippen LogP contribution < -0.4 is 14.8 Å². The van der Waals surface area contributed by atoms with Crippen LogP contribution in [0.5, 0.6) is 5.75 Å². The lowest BCUT2D eigenvalue weighted by atomic mass is 9.99. The van der Waals surface area contributed by atoms with E-state index in [-0.39, 0.29) is 34.9 Å². The van der Waals surface area contributed by atoms with E-state index in [1.165, 1.54) is 30.3 Å². The Hall–Kier alpha value is -4.31. The van der Waals surface area contributed by atoms with E-state index >= 15 is 0 Å². The summed E-state index contributed by atoms with van der Waals surface area (Å²) in [4.78, 5) is 12.5. The summed E-state index contributed by atoms with van der Waals surface area (Å²) in [7, 11) is -4.15. The number of benzene rings is 4. The van der Waals surface area contributed by atoms with Gasteiger partial charge in [-0.15, -0.1) is 0 Å². The van der Waals surface area contributed by atoms with Crippen LogP contribution in [0, 0.1) is 0 Å². The van der Waals surface area contributed by atoms with Crippen LogP contribution in [0.15, 0.2) is 114 Å². The van der Waals surface area contributed by atoms with Crippen molar-refractivity contribution in [1.29, 1.82) is 0 Å². The van der Waals surface area contributed by atoms with Crippen molar-refractivity contribution in [3.05, 3.63) is 126 Å². The lowest BCUT2D eigenvalue weighted by Crippen LogP contribution is -2.33. The summed E-state index contributed by atoms with van der Waals surface area (Å²) in [5.74, 6) is -0.139. The van der Waals surface area contributed by atoms with Crippen molar-refractivity contribution in [2.24, 2.45) is 0 Å². The zero-order valence-corrected chi connectivity index (χ0v) is 20.7. The fourth-order valence-corrected chi connectivity index (χ4v) is 4.74. The molecule has 0 aliphatic rings. The van der Waals surface area contributed by atoms with Gasteiger partial charge in [0.25, 0.3) is 15.9 Å². The van der Waals surface area contributed by atoms with Gasteiger partial charge in [0.15, 0.2) is 6.61 Å². The van der Waals surface area contributed by atoms with E-state index in [4.69, 9.17) is 4.74 Å². The molecule has 0 bridgehead atoms. The van der Waals surface area contributed by atoms with Crippen LogP contribution >= 0.6 is 0 Å². The highest BCUT2D eigenvalue weighted by atomic mass is 32.2. The van der Waals surface area contributed by atoms with Crippen molar-refractivity contribution >= 4 is 21.6 Å². The minimum Gasteiger partial charge on any atom is -0.484 e. The van der Waals surface area contributed by atoms with Crippen LogP contribution in [0.2, 0.25) is 0 Å². The Labute approximate surface area is 218 Å². The van der Waals surface area contributed by atoms with Crippen LogP contribution in [-0.2, 0) is 21.0 Å². The molecular weight excluding hydrogens is 517 g/mol. The highest BCUT2D eigenvalue weighted by Gasteiger charge is 2.30. The zero-order chi connectivity index (χ0) is 27.2. The second-order valence-corrected chi connectivity index (χ2v) is 9.95. The van der Waals surface area contributed by atoms with Gasteiger partial charge in [0, 0.05) is 5.69 Å². The van der Waals surface area contributed by atoms with Gasteiger partial charge in [-0.3, -0.25) is 9.52 Å². The third-order valence-electron chi connectivity index (χ3n) is 5.52. The van der Waals surface area contributed by atoms with Crippen molar-refractivity contribution in [3.63, 3.8) is 0 Å². The maximum absolute atomic E-state index is 12.9. The number of ether oxygens (including phenoxy) is 1. The molecule has 0 saturated carbocycles. The first kappa shape index (κ1) is 26.7. The van der Waals surface area contributed by atoms with Gasteiger partial charge < -0.3 is 10.1 Å². The van der Waals surface area contributed by atoms with Gasteiger partial charge in [-0.1, -0.05) is 66.7 Å². The summed E-state index contributed by atoms with van der Waals surface area (Å²) in [6.07, 6.45) is -4.60. The van der Waals surface area contributed by atoms with E-state index in [1.54, 1.807) is 0 Å². The predicted molar refractivity (Wildman–Crippen MR) is 137 cm³/mol. The summed E-state index contributed by atoms with van der Waals surface area (Å²) in [5.41, 5.74) is 0.606. The molecule has 4 aromatic rings. The number of amides is 1. The smallest absolute Gasteiger partial charge is 0.416 e. The Balaban J connectivity index is 1.39. The summed E-state index contributed by atoms with van der Waals surface area (Å²) >= 11 is 0. The second-order valence-electron chi connectivity index (χ2n) is 8.27. The maximum Gasteiger partial charge on any atom is 0.416 e. The molecule has 0 aliphatic carbocycles. The van der Waals surface area contributed by atoms with E-state index in [1.807, 2.05) is 60.7 Å². The summed E-state index contributed by atoms with van der Waals surface area (Å²) in [5, 5.41) is 2.95. The quantitative estimate of drug-likeness (QED) is 0.282. The van der Waals surface area contributed by atoms with Gasteiger partial charge >= 0.3 is 6.18 Å². The number of halogens is 3. The van der Waals surface area contributed by atoms with Crippen molar-refractivity contribution in [3.8, 4) is 5.75 Å². The van der Waals surface area contributed by atoms with Crippen molar-refractivity contribution < 1.29 is 31.1 Å². The number of rotatable bonds is 9. The summed E-state index contributed by atoms with van der Waals surface area (Å²) in [6.45, 7) is -0.315. The molecule has 0 heterocycles. The zero-order valence-electron chi connectivity index (χ0n) is 19.9. The molecule has 4 aromatic carbocycles. The van der Waals surface area contributed by atoms with Gasteiger partial charge in [0.2, 0.25) is 0 Å². The Morgan fingerprint density at radius 3 is 1.92 bits per heavy atom. The molecule has 0 aliphatic heterocycles. The molecule has 2 N–H and O–H groups in total. The molecule has 10 heteroatoms. The standard InChI is InChI=1S/C28H23F3N2O4S/c29-28(30,31)22-12-7-13-23(18-22)33-38(35,36)25-16-14-24(15-17-25)37-19-26(34)32-27(20-8-3-1-4-9-20)21-10-5-2-6-11-21/h1-18,27,33H,19H2,(H,32,34). The van der Waals surface area contributed by atoms with Crippen molar-refractivity contribution in [1.82, 2.24) is 5.32 Å². The van der Waals surface area contributed by atoms with Crippen LogP contribution in [0.25, 0.3) is 0 Å². The number of hydrogen-bond donors (Lipinski definition) is 2. The Kier molecular flexibility index (Phi) is 8.02. The molecule has 0 aromatic heterocycles. The van der Waals surface area contributed by atoms with E-state index in [9.17, 15) is 26.4 Å². The number of anilines is 1. The number of carbonyl (C=O) groups excluding carboxylic acids is 1. The van der Waals surface area contributed by atoms with Gasteiger partial charge in [0.05, 0.1) is 16.5 Å². The monoisotopic (exact) mass is 540 g/mol. The molecular formula is C28H23F3N2O4S. The van der Waals surface area contributed by atoms with E-state index < -0.39 is 21.8 Å². The normalized spacial score (nSPS) is 11.7. The SMILES string of the molecule is O=C(COc1ccc(S(=O)(=O)Nc2cccc(C(F)(F)F)c2)cc1)NC(c1ccccc1)c1ccccc1. The van der Waals surface area contributed by atoms with Gasteiger partial charge in [0.1, 0.15) is 5.75 Å². The largest absolute Gasteiger partial charge is 0.484 e. The molecule has 0 radical (unpaired) electrons. The topological polar surface area (TPSA) is 84.5 Å². The van der Waals surface area contributed by atoms with Crippen LogP contribution in [0.3, 0.4) is 0 Å². The van der Waals surface area contributed by atoms with Gasteiger partial charge in [-0.2, -0.15) is 13.2 Å². The third kappa shape index (κ3) is 6.92. The fourth-order valence-electron chi connectivity index (χ4n) is 3.69. The molecule has 0 spiro atoms. The van der Waals surface area contributed by atoms with E-state index in [0.29, 0.717) is 6.07 Å². The average molecular weight is 541 g/mol.